The van der Waals surface area contributed by atoms with Gasteiger partial charge in [-0.2, -0.15) is 10.1 Å². The zero-order chi connectivity index (χ0) is 23.4. The summed E-state index contributed by atoms with van der Waals surface area (Å²) in [6.45, 7) is 4.48. The monoisotopic (exact) mass is 460 g/mol. The molecular formula is C24H24N6O4. The van der Waals surface area contributed by atoms with Crippen LogP contribution < -0.4 is 5.69 Å². The van der Waals surface area contributed by atoms with Crippen molar-refractivity contribution in [2.45, 2.75) is 45.3 Å². The molecule has 0 aromatic carbocycles. The molecule has 2 atom stereocenters. The minimum absolute atomic E-state index is 0.0471. The van der Waals surface area contributed by atoms with Crippen LogP contribution in [0.5, 0.6) is 0 Å². The molecule has 34 heavy (non-hydrogen) atoms. The van der Waals surface area contributed by atoms with Crippen LogP contribution in [-0.2, 0) is 11.8 Å². The molecular weight excluding hydrogens is 436 g/mol. The summed E-state index contributed by atoms with van der Waals surface area (Å²) in [5, 5.41) is 5.03. The first-order chi connectivity index (χ1) is 16.5. The van der Waals surface area contributed by atoms with E-state index in [1.54, 1.807) is 34.8 Å². The maximum atomic E-state index is 13.5. The lowest BCUT2D eigenvalue weighted by atomic mass is 10.0. The van der Waals surface area contributed by atoms with Gasteiger partial charge >= 0.3 is 5.69 Å². The highest BCUT2D eigenvalue weighted by atomic mass is 16.5. The lowest BCUT2D eigenvalue weighted by Gasteiger charge is -2.30. The molecule has 1 saturated heterocycles. The molecule has 0 N–H and O–H groups in total. The second kappa shape index (κ2) is 7.91. The van der Waals surface area contributed by atoms with E-state index in [2.05, 4.69) is 27.0 Å². The summed E-state index contributed by atoms with van der Waals surface area (Å²) in [6.07, 6.45) is 9.26. The quantitative estimate of drug-likeness (QED) is 0.395. The third kappa shape index (κ3) is 3.33. The molecule has 1 aliphatic heterocycles. The highest BCUT2D eigenvalue weighted by molar-refractivity contribution is 6.07. The van der Waals surface area contributed by atoms with E-state index in [9.17, 15) is 4.79 Å². The van der Waals surface area contributed by atoms with Crippen molar-refractivity contribution in [2.24, 2.45) is 7.05 Å². The fraction of sp³-hybridized carbons (Fsp3) is 0.375. The minimum Gasteiger partial charge on any atom is -0.450 e. The maximum Gasteiger partial charge on any atom is 0.349 e. The van der Waals surface area contributed by atoms with E-state index < -0.39 is 0 Å². The van der Waals surface area contributed by atoms with Crippen LogP contribution >= 0.6 is 0 Å². The molecule has 5 aromatic rings. The fourth-order valence-corrected chi connectivity index (χ4v) is 4.76. The highest BCUT2D eigenvalue weighted by Gasteiger charge is 2.29. The van der Waals surface area contributed by atoms with E-state index in [0.717, 1.165) is 24.6 Å². The van der Waals surface area contributed by atoms with Gasteiger partial charge in [0, 0.05) is 43.8 Å². The van der Waals surface area contributed by atoms with Crippen LogP contribution in [0, 0.1) is 6.92 Å². The first-order valence-corrected chi connectivity index (χ1v) is 11.4. The molecule has 10 heteroatoms. The van der Waals surface area contributed by atoms with E-state index in [0.29, 0.717) is 51.9 Å². The van der Waals surface area contributed by atoms with Gasteiger partial charge in [0.2, 0.25) is 0 Å². The average Bonchev–Trinajstić information content (AvgIpc) is 3.57. The number of nitrogens with zero attached hydrogens (tertiary/aromatic N) is 6. The number of hydrogen-bond donors (Lipinski definition) is 0. The van der Waals surface area contributed by atoms with Gasteiger partial charge < -0.3 is 13.6 Å². The molecule has 6 rings (SSSR count). The van der Waals surface area contributed by atoms with Gasteiger partial charge in [0.1, 0.15) is 16.9 Å². The summed E-state index contributed by atoms with van der Waals surface area (Å²) in [6, 6.07) is 1.84. The average molecular weight is 460 g/mol. The predicted molar refractivity (Wildman–Crippen MR) is 124 cm³/mol. The number of pyridine rings is 1. The van der Waals surface area contributed by atoms with Crippen molar-refractivity contribution in [1.82, 2.24) is 29.3 Å². The van der Waals surface area contributed by atoms with Crippen molar-refractivity contribution in [3.8, 4) is 22.7 Å². The Hall–Kier alpha value is -3.79. The van der Waals surface area contributed by atoms with E-state index in [-0.39, 0.29) is 17.8 Å². The molecule has 0 amide bonds. The Bertz CT molecular complexity index is 1580. The molecule has 1 fully saturated rings. The molecule has 10 nitrogen and oxygen atoms in total. The number of rotatable bonds is 4. The first-order valence-electron chi connectivity index (χ1n) is 11.4. The van der Waals surface area contributed by atoms with Gasteiger partial charge in [-0.05, 0) is 25.3 Å². The Balaban J connectivity index is 1.65. The molecule has 5 aromatic heterocycles. The second-order valence-electron chi connectivity index (χ2n) is 8.68. The van der Waals surface area contributed by atoms with E-state index in [4.69, 9.17) is 13.6 Å². The SMILES string of the molecule is CC[C@H]1CC(n2c(=O)nc(-c3cnn(C)c3)c3oc4cnc(-c5cnc(C)o5)cc4c32)CCO1. The molecule has 0 spiro atoms. The number of ether oxygens (including phenoxy) is 1. The van der Waals surface area contributed by atoms with E-state index in [1.807, 2.05) is 19.3 Å². The maximum absolute atomic E-state index is 13.5. The molecule has 0 saturated carbocycles. The molecule has 0 aliphatic carbocycles. The number of oxazole rings is 1. The first kappa shape index (κ1) is 20.8. The van der Waals surface area contributed by atoms with Crippen LogP contribution in [0.25, 0.3) is 44.8 Å². The molecule has 0 radical (unpaired) electrons. The number of aryl methyl sites for hydroxylation is 2. The Morgan fingerprint density at radius 3 is 2.79 bits per heavy atom. The third-order valence-corrected chi connectivity index (χ3v) is 6.43. The zero-order valence-electron chi connectivity index (χ0n) is 19.2. The molecule has 0 bridgehead atoms. The molecule has 1 aliphatic rings. The van der Waals surface area contributed by atoms with Gasteiger partial charge in [-0.25, -0.2) is 14.8 Å². The summed E-state index contributed by atoms with van der Waals surface area (Å²) >= 11 is 0. The summed E-state index contributed by atoms with van der Waals surface area (Å²) < 4.78 is 21.3. The van der Waals surface area contributed by atoms with Crippen molar-refractivity contribution >= 4 is 22.1 Å². The Morgan fingerprint density at radius 2 is 2.06 bits per heavy atom. The molecule has 6 heterocycles. The number of hydrogen-bond acceptors (Lipinski definition) is 8. The van der Waals surface area contributed by atoms with Crippen LogP contribution in [0.2, 0.25) is 0 Å². The van der Waals surface area contributed by atoms with Crippen molar-refractivity contribution < 1.29 is 13.6 Å². The van der Waals surface area contributed by atoms with Crippen LogP contribution in [0.4, 0.5) is 0 Å². The fourth-order valence-electron chi connectivity index (χ4n) is 4.76. The molecule has 174 valence electrons. The Morgan fingerprint density at radius 1 is 1.18 bits per heavy atom. The van der Waals surface area contributed by atoms with Gasteiger partial charge in [-0.15, -0.1) is 0 Å². The van der Waals surface area contributed by atoms with Gasteiger partial charge in [0.25, 0.3) is 0 Å². The summed E-state index contributed by atoms with van der Waals surface area (Å²) in [4.78, 5) is 26.7. The second-order valence-corrected chi connectivity index (χ2v) is 8.68. The normalized spacial score (nSPS) is 18.8. The zero-order valence-corrected chi connectivity index (χ0v) is 19.2. The molecule has 1 unspecified atom stereocenters. The lowest BCUT2D eigenvalue weighted by molar-refractivity contribution is -0.00709. The highest BCUT2D eigenvalue weighted by Crippen LogP contribution is 2.38. The van der Waals surface area contributed by atoms with Crippen molar-refractivity contribution in [3.63, 3.8) is 0 Å². The number of fused-ring (bicyclic) bond motifs is 3. The predicted octanol–water partition coefficient (Wildman–Crippen LogP) is 4.03. The van der Waals surface area contributed by atoms with Gasteiger partial charge in [-0.3, -0.25) is 9.25 Å². The standard InChI is InChI=1S/C24H24N6O4/c1-4-16-7-15(5-6-32-16)30-22-17-8-18(20-11-25-13(2)33-20)26-10-19(17)34-23(22)21(28-24(30)31)14-9-27-29(3)12-14/h8-12,15-16H,4-7H2,1-3H3/t15?,16-/m0/s1. The van der Waals surface area contributed by atoms with Crippen LogP contribution in [0.3, 0.4) is 0 Å². The van der Waals surface area contributed by atoms with Crippen molar-refractivity contribution in [3.05, 3.63) is 47.2 Å². The number of furan rings is 1. The smallest absolute Gasteiger partial charge is 0.349 e. The minimum atomic E-state index is -0.315. The van der Waals surface area contributed by atoms with Crippen molar-refractivity contribution in [1.29, 1.82) is 0 Å². The van der Waals surface area contributed by atoms with Gasteiger partial charge in [-0.1, -0.05) is 6.92 Å². The summed E-state index contributed by atoms with van der Waals surface area (Å²) in [5.41, 5.74) is 3.30. The van der Waals surface area contributed by atoms with E-state index in [1.165, 1.54) is 0 Å². The van der Waals surface area contributed by atoms with Crippen LogP contribution in [0.15, 0.2) is 44.5 Å². The van der Waals surface area contributed by atoms with E-state index >= 15 is 0 Å². The largest absolute Gasteiger partial charge is 0.450 e. The van der Waals surface area contributed by atoms with Gasteiger partial charge in [0.05, 0.1) is 24.7 Å². The van der Waals surface area contributed by atoms with Crippen LogP contribution in [-0.4, -0.2) is 42.0 Å². The Labute approximate surface area is 194 Å². The lowest BCUT2D eigenvalue weighted by Crippen LogP contribution is -2.34. The third-order valence-electron chi connectivity index (χ3n) is 6.43. The van der Waals surface area contributed by atoms with Gasteiger partial charge in [0.15, 0.2) is 22.8 Å². The van der Waals surface area contributed by atoms with Crippen LogP contribution in [0.1, 0.15) is 38.1 Å². The number of aromatic nitrogens is 6. The topological polar surface area (TPSA) is 114 Å². The Kier molecular flexibility index (Phi) is 4.84. The van der Waals surface area contributed by atoms with Crippen molar-refractivity contribution in [2.75, 3.05) is 6.61 Å². The summed E-state index contributed by atoms with van der Waals surface area (Å²) in [7, 11) is 1.82. The summed E-state index contributed by atoms with van der Waals surface area (Å²) in [5.74, 6) is 1.11.